The molecule has 2 aromatic rings. The Morgan fingerprint density at radius 1 is 1.44 bits per heavy atom. The Balaban J connectivity index is 2.17. The van der Waals surface area contributed by atoms with Crippen molar-refractivity contribution in [3.8, 4) is 5.69 Å². The summed E-state index contributed by atoms with van der Waals surface area (Å²) < 4.78 is 1.58. The van der Waals surface area contributed by atoms with Gasteiger partial charge < -0.3 is 5.32 Å². The molecule has 6 heteroatoms. The highest BCUT2D eigenvalue weighted by molar-refractivity contribution is 6.00. The number of carbonyl (C=O) groups excluding carboxylic acids is 1. The molecule has 0 unspecified atom stereocenters. The minimum Gasteiger partial charge on any atom is -0.325 e. The van der Waals surface area contributed by atoms with E-state index in [4.69, 9.17) is 0 Å². The van der Waals surface area contributed by atoms with Gasteiger partial charge in [0.05, 0.1) is 12.1 Å². The van der Waals surface area contributed by atoms with Gasteiger partial charge in [0, 0.05) is 5.69 Å². The van der Waals surface area contributed by atoms with Crippen molar-refractivity contribution in [2.45, 2.75) is 13.3 Å². The lowest BCUT2D eigenvalue weighted by Crippen LogP contribution is -2.05. The monoisotopic (exact) mass is 215 g/mol. The number of fused-ring (bicyclic) bond motifs is 1. The van der Waals surface area contributed by atoms with E-state index in [-0.39, 0.29) is 5.91 Å². The molecule has 0 spiro atoms. The number of nitrogens with one attached hydrogen (secondary N) is 1. The van der Waals surface area contributed by atoms with Crippen LogP contribution in [-0.2, 0) is 11.2 Å². The van der Waals surface area contributed by atoms with Crippen LogP contribution in [0.15, 0.2) is 18.5 Å². The third-order valence-corrected chi connectivity index (χ3v) is 2.73. The van der Waals surface area contributed by atoms with Gasteiger partial charge in [0.25, 0.3) is 0 Å². The fraction of sp³-hybridized carbons (Fsp3) is 0.200. The van der Waals surface area contributed by atoms with E-state index >= 15 is 0 Å². The average molecular weight is 215 g/mol. The van der Waals surface area contributed by atoms with Crippen LogP contribution in [0.3, 0.4) is 0 Å². The summed E-state index contributed by atoms with van der Waals surface area (Å²) in [5, 5.41) is 13.9. The summed E-state index contributed by atoms with van der Waals surface area (Å²) >= 11 is 0. The highest BCUT2D eigenvalue weighted by Crippen LogP contribution is 2.30. The first kappa shape index (κ1) is 9.02. The smallest absolute Gasteiger partial charge is 0.228 e. The first-order valence-corrected chi connectivity index (χ1v) is 4.91. The zero-order valence-corrected chi connectivity index (χ0v) is 8.64. The van der Waals surface area contributed by atoms with Crippen molar-refractivity contribution in [3.63, 3.8) is 0 Å². The van der Waals surface area contributed by atoms with Gasteiger partial charge in [-0.25, -0.2) is 4.68 Å². The van der Waals surface area contributed by atoms with E-state index in [1.165, 1.54) is 6.33 Å². The number of anilines is 1. The fourth-order valence-corrected chi connectivity index (χ4v) is 1.95. The van der Waals surface area contributed by atoms with Crippen molar-refractivity contribution in [3.05, 3.63) is 29.6 Å². The number of carbonyl (C=O) groups is 1. The van der Waals surface area contributed by atoms with E-state index in [1.54, 1.807) is 4.68 Å². The van der Waals surface area contributed by atoms with E-state index in [0.29, 0.717) is 6.42 Å². The standard InChI is InChI=1S/C10H9N5O/c1-6-8(15-5-11-13-14-15)3-2-7-4-9(16)12-10(6)7/h2-3,5H,4H2,1H3,(H,12,16). The third kappa shape index (κ3) is 1.19. The number of benzene rings is 1. The molecule has 2 heterocycles. The number of hydrogen-bond acceptors (Lipinski definition) is 4. The minimum atomic E-state index is 0.0342. The first-order chi connectivity index (χ1) is 7.75. The summed E-state index contributed by atoms with van der Waals surface area (Å²) in [6.45, 7) is 1.95. The second-order valence-electron chi connectivity index (χ2n) is 3.72. The molecule has 80 valence electrons. The summed E-state index contributed by atoms with van der Waals surface area (Å²) in [7, 11) is 0. The molecule has 3 rings (SSSR count). The van der Waals surface area contributed by atoms with Crippen LogP contribution in [0.1, 0.15) is 11.1 Å². The van der Waals surface area contributed by atoms with Crippen molar-refractivity contribution in [1.29, 1.82) is 0 Å². The Hall–Kier alpha value is -2.24. The van der Waals surface area contributed by atoms with Crippen LogP contribution in [0.4, 0.5) is 5.69 Å². The lowest BCUT2D eigenvalue weighted by molar-refractivity contribution is -0.115. The maximum Gasteiger partial charge on any atom is 0.228 e. The van der Waals surface area contributed by atoms with Gasteiger partial charge in [-0.2, -0.15) is 0 Å². The van der Waals surface area contributed by atoms with E-state index in [9.17, 15) is 4.79 Å². The molecule has 0 bridgehead atoms. The van der Waals surface area contributed by atoms with Crippen LogP contribution in [0.5, 0.6) is 0 Å². The molecule has 1 amide bonds. The second-order valence-corrected chi connectivity index (χ2v) is 3.72. The molecule has 1 aromatic carbocycles. The maximum absolute atomic E-state index is 11.3. The zero-order chi connectivity index (χ0) is 11.1. The number of nitrogens with zero attached hydrogens (tertiary/aromatic N) is 4. The highest BCUT2D eigenvalue weighted by Gasteiger charge is 2.21. The second kappa shape index (κ2) is 3.13. The molecule has 1 aliphatic rings. The van der Waals surface area contributed by atoms with Crippen molar-refractivity contribution in [1.82, 2.24) is 20.2 Å². The maximum atomic E-state index is 11.3. The largest absolute Gasteiger partial charge is 0.325 e. The number of aromatic nitrogens is 4. The summed E-state index contributed by atoms with van der Waals surface area (Å²) in [6.07, 6.45) is 1.98. The molecule has 0 fully saturated rings. The summed E-state index contributed by atoms with van der Waals surface area (Å²) in [5.41, 5.74) is 3.78. The Morgan fingerprint density at radius 2 is 2.31 bits per heavy atom. The highest BCUT2D eigenvalue weighted by atomic mass is 16.1. The van der Waals surface area contributed by atoms with Gasteiger partial charge in [-0.15, -0.1) is 5.10 Å². The SMILES string of the molecule is Cc1c(-n2cnnn2)ccc2c1NC(=O)C2. The Morgan fingerprint density at radius 3 is 3.06 bits per heavy atom. The molecule has 0 radical (unpaired) electrons. The zero-order valence-electron chi connectivity index (χ0n) is 8.64. The van der Waals surface area contributed by atoms with Crippen LogP contribution in [-0.4, -0.2) is 26.1 Å². The summed E-state index contributed by atoms with van der Waals surface area (Å²) in [5.74, 6) is 0.0342. The molecule has 1 aliphatic heterocycles. The van der Waals surface area contributed by atoms with Crippen LogP contribution in [0, 0.1) is 6.92 Å². The van der Waals surface area contributed by atoms with Crippen LogP contribution in [0.25, 0.3) is 5.69 Å². The van der Waals surface area contributed by atoms with Crippen LogP contribution >= 0.6 is 0 Å². The molecular formula is C10H9N5O. The molecule has 0 saturated heterocycles. The van der Waals surface area contributed by atoms with E-state index in [1.807, 2.05) is 19.1 Å². The summed E-state index contributed by atoms with van der Waals surface area (Å²) in [4.78, 5) is 11.3. The van der Waals surface area contributed by atoms with Gasteiger partial charge in [0.2, 0.25) is 5.91 Å². The predicted octanol–water partition coefficient (Wildman–Crippen LogP) is 0.465. The molecule has 0 atom stereocenters. The number of tetrazole rings is 1. The molecular weight excluding hydrogens is 206 g/mol. The van der Waals surface area contributed by atoms with Gasteiger partial charge >= 0.3 is 0 Å². The van der Waals surface area contributed by atoms with Gasteiger partial charge in [-0.3, -0.25) is 4.79 Å². The minimum absolute atomic E-state index is 0.0342. The molecule has 1 aromatic heterocycles. The lowest BCUT2D eigenvalue weighted by Gasteiger charge is -2.08. The predicted molar refractivity (Wildman–Crippen MR) is 56.2 cm³/mol. The number of hydrogen-bond donors (Lipinski definition) is 1. The van der Waals surface area contributed by atoms with E-state index in [0.717, 1.165) is 22.5 Å². The van der Waals surface area contributed by atoms with Crippen LogP contribution in [0.2, 0.25) is 0 Å². The molecule has 16 heavy (non-hydrogen) atoms. The number of amides is 1. The molecule has 0 saturated carbocycles. The topological polar surface area (TPSA) is 72.7 Å². The van der Waals surface area contributed by atoms with Gasteiger partial charge in [0.15, 0.2) is 0 Å². The van der Waals surface area contributed by atoms with E-state index < -0.39 is 0 Å². The Bertz CT molecular complexity index is 561. The quantitative estimate of drug-likeness (QED) is 0.750. The van der Waals surface area contributed by atoms with Gasteiger partial charge in [-0.05, 0) is 34.5 Å². The Kier molecular flexibility index (Phi) is 1.76. The Labute approximate surface area is 91.3 Å². The summed E-state index contributed by atoms with van der Waals surface area (Å²) in [6, 6.07) is 3.85. The average Bonchev–Trinajstić information content (AvgIpc) is 2.86. The normalized spacial score (nSPS) is 13.7. The van der Waals surface area contributed by atoms with Gasteiger partial charge in [-0.1, -0.05) is 6.07 Å². The van der Waals surface area contributed by atoms with E-state index in [2.05, 4.69) is 20.8 Å². The van der Waals surface area contributed by atoms with Gasteiger partial charge in [0.1, 0.15) is 6.33 Å². The molecule has 6 nitrogen and oxygen atoms in total. The molecule has 1 N–H and O–H groups in total. The number of rotatable bonds is 1. The van der Waals surface area contributed by atoms with Crippen molar-refractivity contribution in [2.24, 2.45) is 0 Å². The van der Waals surface area contributed by atoms with Crippen molar-refractivity contribution >= 4 is 11.6 Å². The van der Waals surface area contributed by atoms with Crippen molar-refractivity contribution in [2.75, 3.05) is 5.32 Å². The van der Waals surface area contributed by atoms with Crippen molar-refractivity contribution < 1.29 is 4.79 Å². The lowest BCUT2D eigenvalue weighted by atomic mass is 10.1. The fourth-order valence-electron chi connectivity index (χ4n) is 1.95. The van der Waals surface area contributed by atoms with Crippen LogP contribution < -0.4 is 5.32 Å². The first-order valence-electron chi connectivity index (χ1n) is 4.91. The molecule has 0 aliphatic carbocycles. The third-order valence-electron chi connectivity index (χ3n) is 2.73.